The summed E-state index contributed by atoms with van der Waals surface area (Å²) in [6.07, 6.45) is 1.73. The third-order valence-electron chi connectivity index (χ3n) is 1.39. The summed E-state index contributed by atoms with van der Waals surface area (Å²) in [6.45, 7) is 0. The van der Waals surface area contributed by atoms with E-state index in [4.69, 9.17) is 7.85 Å². The van der Waals surface area contributed by atoms with Crippen molar-refractivity contribution in [1.29, 1.82) is 0 Å². The fourth-order valence-electron chi connectivity index (χ4n) is 0.814. The molecule has 0 aliphatic heterocycles. The molecule has 2 radical (unpaired) electrons. The molecule has 0 spiro atoms. The first-order chi connectivity index (χ1) is 5.72. The van der Waals surface area contributed by atoms with Gasteiger partial charge in [-0.3, -0.25) is 9.78 Å². The van der Waals surface area contributed by atoms with Gasteiger partial charge in [0.25, 0.3) is 0 Å². The second-order valence-corrected chi connectivity index (χ2v) is 2.33. The maximum atomic E-state index is 10.8. The van der Waals surface area contributed by atoms with E-state index in [1.165, 1.54) is 7.11 Å². The third kappa shape index (κ3) is 2.38. The molecule has 0 aromatic carbocycles. The molecular weight excluding hydrogens is 153 g/mol. The minimum absolute atomic E-state index is 0.168. The zero-order chi connectivity index (χ0) is 8.97. The summed E-state index contributed by atoms with van der Waals surface area (Å²) < 4.78 is 4.47. The molecule has 0 fully saturated rings. The van der Waals surface area contributed by atoms with E-state index in [-0.39, 0.29) is 12.4 Å². The fourth-order valence-corrected chi connectivity index (χ4v) is 0.814. The summed E-state index contributed by atoms with van der Waals surface area (Å²) in [5.41, 5.74) is 1.23. The van der Waals surface area contributed by atoms with Crippen LogP contribution in [0.1, 0.15) is 5.69 Å². The van der Waals surface area contributed by atoms with Gasteiger partial charge in [0.1, 0.15) is 7.85 Å². The lowest BCUT2D eigenvalue weighted by Crippen LogP contribution is -2.10. The van der Waals surface area contributed by atoms with Crippen LogP contribution in [0.25, 0.3) is 0 Å². The lowest BCUT2D eigenvalue weighted by atomic mass is 9.96. The number of ether oxygens (including phenoxy) is 1. The van der Waals surface area contributed by atoms with E-state index in [0.29, 0.717) is 11.2 Å². The molecule has 0 saturated heterocycles. The zero-order valence-electron chi connectivity index (χ0n) is 6.78. The Labute approximate surface area is 72.2 Å². The summed E-state index contributed by atoms with van der Waals surface area (Å²) in [5.74, 6) is -0.312. The molecule has 1 aromatic heterocycles. The molecule has 0 atom stereocenters. The smallest absolute Gasteiger partial charge is 0.311 e. The molecule has 1 heterocycles. The molecule has 1 rings (SSSR count). The first-order valence-electron chi connectivity index (χ1n) is 3.49. The summed E-state index contributed by atoms with van der Waals surface area (Å²) >= 11 is 0. The highest BCUT2D eigenvalue weighted by Crippen LogP contribution is 1.93. The summed E-state index contributed by atoms with van der Waals surface area (Å²) in [5, 5.41) is 0. The van der Waals surface area contributed by atoms with Crippen LogP contribution in [0.3, 0.4) is 0 Å². The number of methoxy groups -OCH3 is 1. The minimum atomic E-state index is -0.312. The van der Waals surface area contributed by atoms with E-state index in [1.54, 1.807) is 18.3 Å². The number of esters is 1. The van der Waals surface area contributed by atoms with Crippen molar-refractivity contribution in [1.82, 2.24) is 4.98 Å². The fraction of sp³-hybridized carbons (Fsp3) is 0.250. The number of hydrogen-bond donors (Lipinski definition) is 0. The quantitative estimate of drug-likeness (QED) is 0.437. The van der Waals surface area contributed by atoms with Crippen LogP contribution >= 0.6 is 0 Å². The number of pyridine rings is 1. The third-order valence-corrected chi connectivity index (χ3v) is 1.39. The molecule has 3 nitrogen and oxygen atoms in total. The van der Waals surface area contributed by atoms with Crippen LogP contribution in [0.15, 0.2) is 18.3 Å². The molecule has 0 bridgehead atoms. The Morgan fingerprint density at radius 3 is 3.08 bits per heavy atom. The highest BCUT2D eigenvalue weighted by atomic mass is 16.5. The first-order valence-corrected chi connectivity index (χ1v) is 3.49. The van der Waals surface area contributed by atoms with Crippen LogP contribution in [0.5, 0.6) is 0 Å². The van der Waals surface area contributed by atoms with Gasteiger partial charge in [-0.05, 0) is 6.07 Å². The van der Waals surface area contributed by atoms with Gasteiger partial charge in [-0.1, -0.05) is 11.5 Å². The largest absolute Gasteiger partial charge is 0.469 e. The molecular formula is C8H8BNO2. The van der Waals surface area contributed by atoms with Crippen LogP contribution in [-0.4, -0.2) is 25.9 Å². The number of carbonyl (C=O) groups excluding carboxylic acids is 1. The minimum Gasteiger partial charge on any atom is -0.469 e. The topological polar surface area (TPSA) is 39.2 Å². The van der Waals surface area contributed by atoms with Gasteiger partial charge in [-0.2, -0.15) is 0 Å². The number of hydrogen-bond acceptors (Lipinski definition) is 3. The van der Waals surface area contributed by atoms with Gasteiger partial charge in [-0.25, -0.2) is 0 Å². The molecule has 1 aromatic rings. The zero-order valence-corrected chi connectivity index (χ0v) is 6.78. The lowest BCUT2D eigenvalue weighted by Gasteiger charge is -1.99. The second kappa shape index (κ2) is 3.90. The van der Waals surface area contributed by atoms with E-state index in [1.807, 2.05) is 0 Å². The highest BCUT2D eigenvalue weighted by molar-refractivity contribution is 6.32. The van der Waals surface area contributed by atoms with Crippen LogP contribution < -0.4 is 5.46 Å². The van der Waals surface area contributed by atoms with Crippen LogP contribution in [0, 0.1) is 0 Å². The van der Waals surface area contributed by atoms with E-state index < -0.39 is 0 Å². The Bertz CT molecular complexity index is 288. The van der Waals surface area contributed by atoms with Gasteiger partial charge in [0.2, 0.25) is 0 Å². The molecule has 0 saturated carbocycles. The van der Waals surface area contributed by atoms with Gasteiger partial charge >= 0.3 is 5.97 Å². The molecule has 4 heteroatoms. The van der Waals surface area contributed by atoms with Gasteiger partial charge < -0.3 is 4.74 Å². The number of carbonyl (C=O) groups is 1. The van der Waals surface area contributed by atoms with E-state index in [2.05, 4.69) is 9.72 Å². The standard InChI is InChI=1S/C8H8BNO2/c1-12-8(11)5-7-4-6(9)2-3-10-7/h2-4H,5H2,1H3. The Balaban J connectivity index is 2.69. The van der Waals surface area contributed by atoms with Gasteiger partial charge in [-0.15, -0.1) is 0 Å². The van der Waals surface area contributed by atoms with Crippen LogP contribution in [0.4, 0.5) is 0 Å². The van der Waals surface area contributed by atoms with Gasteiger partial charge in [0.15, 0.2) is 0 Å². The predicted octanol–water partition coefficient (Wildman–Crippen LogP) is -0.409. The van der Waals surface area contributed by atoms with Gasteiger partial charge in [0, 0.05) is 6.20 Å². The Kier molecular flexibility index (Phi) is 2.85. The Morgan fingerprint density at radius 2 is 2.50 bits per heavy atom. The van der Waals surface area contributed by atoms with E-state index in [9.17, 15) is 4.79 Å². The van der Waals surface area contributed by atoms with Gasteiger partial charge in [0.05, 0.1) is 19.2 Å². The molecule has 0 N–H and O–H groups in total. The second-order valence-electron chi connectivity index (χ2n) is 2.33. The van der Waals surface area contributed by atoms with E-state index >= 15 is 0 Å². The van der Waals surface area contributed by atoms with Crippen molar-refractivity contribution in [3.8, 4) is 0 Å². The van der Waals surface area contributed by atoms with Crippen molar-refractivity contribution >= 4 is 19.3 Å². The highest BCUT2D eigenvalue weighted by Gasteiger charge is 2.02. The van der Waals surface area contributed by atoms with Crippen LogP contribution in [0.2, 0.25) is 0 Å². The maximum Gasteiger partial charge on any atom is 0.311 e. The Hall–Kier alpha value is -1.32. The first kappa shape index (κ1) is 8.78. The Morgan fingerprint density at radius 1 is 1.75 bits per heavy atom. The predicted molar refractivity (Wildman–Crippen MR) is 45.3 cm³/mol. The van der Waals surface area contributed by atoms with Crippen molar-refractivity contribution < 1.29 is 9.53 Å². The molecule has 60 valence electrons. The average Bonchev–Trinajstić information content (AvgIpc) is 2.04. The van der Waals surface area contributed by atoms with Crippen LogP contribution in [-0.2, 0) is 16.0 Å². The van der Waals surface area contributed by atoms with Crippen molar-refractivity contribution in [2.75, 3.05) is 7.11 Å². The summed E-state index contributed by atoms with van der Waals surface area (Å²) in [6, 6.07) is 3.32. The monoisotopic (exact) mass is 161 g/mol. The van der Waals surface area contributed by atoms with E-state index in [0.717, 1.165) is 0 Å². The van der Waals surface area contributed by atoms with Crippen molar-refractivity contribution in [3.05, 3.63) is 24.0 Å². The normalized spacial score (nSPS) is 9.42. The number of aromatic nitrogens is 1. The molecule has 0 aliphatic rings. The summed E-state index contributed by atoms with van der Waals surface area (Å²) in [4.78, 5) is 14.7. The number of rotatable bonds is 2. The van der Waals surface area contributed by atoms with Crippen molar-refractivity contribution in [3.63, 3.8) is 0 Å². The molecule has 12 heavy (non-hydrogen) atoms. The lowest BCUT2D eigenvalue weighted by molar-refractivity contribution is -0.139. The van der Waals surface area contributed by atoms with Crippen molar-refractivity contribution in [2.45, 2.75) is 6.42 Å². The molecule has 0 amide bonds. The SMILES string of the molecule is [B]c1ccnc(CC(=O)OC)c1. The van der Waals surface area contributed by atoms with Crippen molar-refractivity contribution in [2.24, 2.45) is 0 Å². The molecule has 0 aliphatic carbocycles. The molecule has 0 unspecified atom stereocenters. The number of nitrogens with zero attached hydrogens (tertiary/aromatic N) is 1. The average molecular weight is 161 g/mol. The summed E-state index contributed by atoms with van der Waals surface area (Å²) in [7, 11) is 6.83. The maximum absolute atomic E-state index is 10.8.